The van der Waals surface area contributed by atoms with Crippen LogP contribution in [0.1, 0.15) is 41.0 Å². The van der Waals surface area contributed by atoms with Crippen molar-refractivity contribution in [3.05, 3.63) is 54.6 Å². The second-order valence-electron chi connectivity index (χ2n) is 7.03. The van der Waals surface area contributed by atoms with Crippen molar-refractivity contribution in [3.63, 3.8) is 0 Å². The standard InChI is InChI=1S/C21H30N2/c1-16(2)15-18(5)23(20-9-7-6-8-10-20)21-13-11-19(12-14-21)22-17(3)4/h6-14,16-18,22H,15H2,1-5H3. The Hall–Kier alpha value is -1.96. The third kappa shape index (κ3) is 5.02. The largest absolute Gasteiger partial charge is 0.383 e. The molecule has 0 saturated heterocycles. The maximum absolute atomic E-state index is 3.45. The first kappa shape index (κ1) is 17.4. The minimum Gasteiger partial charge on any atom is -0.383 e. The van der Waals surface area contributed by atoms with Crippen LogP contribution in [0.2, 0.25) is 0 Å². The Morgan fingerprint density at radius 2 is 1.35 bits per heavy atom. The van der Waals surface area contributed by atoms with E-state index in [9.17, 15) is 0 Å². The molecule has 1 atom stereocenters. The van der Waals surface area contributed by atoms with Crippen LogP contribution in [0.15, 0.2) is 54.6 Å². The highest BCUT2D eigenvalue weighted by atomic mass is 15.2. The highest BCUT2D eigenvalue weighted by molar-refractivity contribution is 5.66. The van der Waals surface area contributed by atoms with Crippen molar-refractivity contribution in [2.24, 2.45) is 5.92 Å². The van der Waals surface area contributed by atoms with Crippen LogP contribution in [0, 0.1) is 5.92 Å². The number of nitrogens with zero attached hydrogens (tertiary/aromatic N) is 1. The van der Waals surface area contributed by atoms with E-state index in [1.807, 2.05) is 0 Å². The normalized spacial score (nSPS) is 12.5. The number of para-hydroxylation sites is 1. The minimum atomic E-state index is 0.450. The molecule has 2 nitrogen and oxygen atoms in total. The van der Waals surface area contributed by atoms with Gasteiger partial charge in [0, 0.05) is 29.1 Å². The van der Waals surface area contributed by atoms with Crippen LogP contribution in [0.5, 0.6) is 0 Å². The molecule has 0 amide bonds. The molecule has 0 aliphatic heterocycles. The third-order valence-corrected chi connectivity index (χ3v) is 3.89. The molecule has 0 aliphatic carbocycles. The number of hydrogen-bond acceptors (Lipinski definition) is 2. The smallest absolute Gasteiger partial charge is 0.0414 e. The summed E-state index contributed by atoms with van der Waals surface area (Å²) in [6, 6.07) is 20.4. The lowest BCUT2D eigenvalue weighted by atomic mass is 10.0. The second-order valence-corrected chi connectivity index (χ2v) is 7.03. The van der Waals surface area contributed by atoms with E-state index in [1.165, 1.54) is 23.5 Å². The minimum absolute atomic E-state index is 0.450. The van der Waals surface area contributed by atoms with Gasteiger partial charge in [-0.2, -0.15) is 0 Å². The quantitative estimate of drug-likeness (QED) is 0.666. The molecule has 1 unspecified atom stereocenters. The van der Waals surface area contributed by atoms with E-state index in [2.05, 4.69) is 99.4 Å². The maximum atomic E-state index is 3.45. The van der Waals surface area contributed by atoms with Crippen LogP contribution in [0.25, 0.3) is 0 Å². The van der Waals surface area contributed by atoms with E-state index in [0.29, 0.717) is 18.0 Å². The van der Waals surface area contributed by atoms with Crippen LogP contribution >= 0.6 is 0 Å². The zero-order chi connectivity index (χ0) is 16.8. The fraction of sp³-hybridized carbons (Fsp3) is 0.429. The summed E-state index contributed by atoms with van der Waals surface area (Å²) >= 11 is 0. The molecule has 0 bridgehead atoms. The molecule has 0 radical (unpaired) electrons. The molecule has 2 aromatic carbocycles. The highest BCUT2D eigenvalue weighted by Gasteiger charge is 2.17. The molecule has 0 aliphatic rings. The topological polar surface area (TPSA) is 15.3 Å². The van der Waals surface area contributed by atoms with E-state index in [1.54, 1.807) is 0 Å². The van der Waals surface area contributed by atoms with Crippen molar-refractivity contribution in [1.82, 2.24) is 0 Å². The molecule has 0 saturated carbocycles. The van der Waals surface area contributed by atoms with E-state index in [-0.39, 0.29) is 0 Å². The van der Waals surface area contributed by atoms with Gasteiger partial charge in [0.2, 0.25) is 0 Å². The van der Waals surface area contributed by atoms with Gasteiger partial charge >= 0.3 is 0 Å². The van der Waals surface area contributed by atoms with E-state index >= 15 is 0 Å². The highest BCUT2D eigenvalue weighted by Crippen LogP contribution is 2.31. The molecule has 0 aromatic heterocycles. The molecule has 0 spiro atoms. The van der Waals surface area contributed by atoms with Gasteiger partial charge in [-0.15, -0.1) is 0 Å². The van der Waals surface area contributed by atoms with Crippen molar-refractivity contribution >= 4 is 17.1 Å². The van der Waals surface area contributed by atoms with Crippen LogP contribution in [-0.4, -0.2) is 12.1 Å². The summed E-state index contributed by atoms with van der Waals surface area (Å²) in [5.41, 5.74) is 3.68. The fourth-order valence-corrected chi connectivity index (χ4v) is 3.09. The van der Waals surface area contributed by atoms with Gasteiger partial charge in [0.25, 0.3) is 0 Å². The van der Waals surface area contributed by atoms with Gasteiger partial charge in [0.05, 0.1) is 0 Å². The first-order valence-corrected chi connectivity index (χ1v) is 8.68. The van der Waals surface area contributed by atoms with Gasteiger partial charge in [-0.25, -0.2) is 0 Å². The monoisotopic (exact) mass is 310 g/mol. The molecule has 2 rings (SSSR count). The lowest BCUT2D eigenvalue weighted by molar-refractivity contribution is 0.513. The zero-order valence-corrected chi connectivity index (χ0v) is 15.1. The number of anilines is 3. The summed E-state index contributed by atoms with van der Waals surface area (Å²) < 4.78 is 0. The predicted molar refractivity (Wildman–Crippen MR) is 103 cm³/mol. The first-order valence-electron chi connectivity index (χ1n) is 8.68. The maximum Gasteiger partial charge on any atom is 0.0414 e. The summed E-state index contributed by atoms with van der Waals surface area (Å²) in [6.45, 7) is 11.2. The van der Waals surface area contributed by atoms with Crippen LogP contribution in [-0.2, 0) is 0 Å². The number of rotatable bonds is 7. The third-order valence-electron chi connectivity index (χ3n) is 3.89. The summed E-state index contributed by atoms with van der Waals surface area (Å²) in [6.07, 6.45) is 1.17. The molecule has 23 heavy (non-hydrogen) atoms. The molecule has 124 valence electrons. The summed E-state index contributed by atoms with van der Waals surface area (Å²) in [4.78, 5) is 2.44. The number of nitrogens with one attached hydrogen (secondary N) is 1. The van der Waals surface area contributed by atoms with Gasteiger partial charge in [0.1, 0.15) is 0 Å². The molecule has 0 heterocycles. The summed E-state index contributed by atoms with van der Waals surface area (Å²) in [5.74, 6) is 0.679. The Kier molecular flexibility index (Phi) is 6.09. The van der Waals surface area contributed by atoms with Crippen molar-refractivity contribution < 1.29 is 0 Å². The number of hydrogen-bond donors (Lipinski definition) is 1. The Labute approximate surface area is 141 Å². The summed E-state index contributed by atoms with van der Waals surface area (Å²) in [7, 11) is 0. The van der Waals surface area contributed by atoms with Crippen molar-refractivity contribution in [2.45, 2.75) is 53.1 Å². The SMILES string of the molecule is CC(C)CC(C)N(c1ccccc1)c1ccc(NC(C)C)cc1. The Balaban J connectivity index is 2.30. The van der Waals surface area contributed by atoms with Crippen molar-refractivity contribution in [3.8, 4) is 0 Å². The van der Waals surface area contributed by atoms with Crippen molar-refractivity contribution in [1.29, 1.82) is 0 Å². The van der Waals surface area contributed by atoms with Gasteiger partial charge in [-0.1, -0.05) is 32.0 Å². The van der Waals surface area contributed by atoms with Gasteiger partial charge in [-0.05, 0) is 69.5 Å². The van der Waals surface area contributed by atoms with E-state index in [4.69, 9.17) is 0 Å². The zero-order valence-electron chi connectivity index (χ0n) is 15.1. The lowest BCUT2D eigenvalue weighted by Gasteiger charge is -2.33. The second kappa shape index (κ2) is 8.05. The van der Waals surface area contributed by atoms with E-state index < -0.39 is 0 Å². The molecular formula is C21H30N2. The Bertz CT molecular complexity index is 573. The van der Waals surface area contributed by atoms with Crippen molar-refractivity contribution in [2.75, 3.05) is 10.2 Å². The predicted octanol–water partition coefficient (Wildman–Crippen LogP) is 6.08. The molecule has 0 fully saturated rings. The molecule has 1 N–H and O–H groups in total. The summed E-state index contributed by atoms with van der Waals surface area (Å²) in [5, 5.41) is 3.45. The van der Waals surface area contributed by atoms with E-state index in [0.717, 1.165) is 0 Å². The Morgan fingerprint density at radius 1 is 0.783 bits per heavy atom. The van der Waals surface area contributed by atoms with Gasteiger partial charge in [0.15, 0.2) is 0 Å². The average molecular weight is 310 g/mol. The molecule has 2 heteroatoms. The lowest BCUT2D eigenvalue weighted by Crippen LogP contribution is -2.29. The molecule has 2 aromatic rings. The first-order chi connectivity index (χ1) is 11.0. The van der Waals surface area contributed by atoms with Crippen LogP contribution in [0.4, 0.5) is 17.1 Å². The van der Waals surface area contributed by atoms with Crippen LogP contribution < -0.4 is 10.2 Å². The van der Waals surface area contributed by atoms with Crippen LogP contribution in [0.3, 0.4) is 0 Å². The average Bonchev–Trinajstić information content (AvgIpc) is 2.49. The van der Waals surface area contributed by atoms with Gasteiger partial charge in [-0.3, -0.25) is 0 Å². The number of benzene rings is 2. The van der Waals surface area contributed by atoms with Gasteiger partial charge < -0.3 is 10.2 Å². The fourth-order valence-electron chi connectivity index (χ4n) is 3.09. The Morgan fingerprint density at radius 3 is 1.87 bits per heavy atom. The molecular weight excluding hydrogens is 280 g/mol.